The van der Waals surface area contributed by atoms with Gasteiger partial charge in [0.15, 0.2) is 0 Å². The molecule has 2 heterocycles. The van der Waals surface area contributed by atoms with Gasteiger partial charge < -0.3 is 26.3 Å². The van der Waals surface area contributed by atoms with E-state index < -0.39 is 30.0 Å². The number of primary amides is 1. The number of carboxylic acids is 1. The number of aliphatic carboxylic acids is 1. The molecule has 0 radical (unpaired) electrons. The molecule has 0 aliphatic heterocycles. The highest BCUT2D eigenvalue weighted by atomic mass is 35.5. The first kappa shape index (κ1) is 33.2. The van der Waals surface area contributed by atoms with Crippen LogP contribution in [0.3, 0.4) is 0 Å². The van der Waals surface area contributed by atoms with E-state index in [9.17, 15) is 18.0 Å². The van der Waals surface area contributed by atoms with Crippen LogP contribution in [0.25, 0.3) is 33.2 Å². The van der Waals surface area contributed by atoms with Crippen molar-refractivity contribution in [3.8, 4) is 11.3 Å². The first-order valence-corrected chi connectivity index (χ1v) is 14.5. The van der Waals surface area contributed by atoms with Gasteiger partial charge in [0.1, 0.15) is 23.3 Å². The van der Waals surface area contributed by atoms with Gasteiger partial charge in [0.25, 0.3) is 0 Å². The number of anilines is 2. The van der Waals surface area contributed by atoms with Gasteiger partial charge in [-0.1, -0.05) is 71.7 Å². The van der Waals surface area contributed by atoms with Crippen LogP contribution in [0.15, 0.2) is 102 Å². The molecule has 240 valence electrons. The van der Waals surface area contributed by atoms with Crippen molar-refractivity contribution in [2.75, 3.05) is 5.32 Å². The number of amides is 1. The van der Waals surface area contributed by atoms with Crippen LogP contribution in [0.1, 0.15) is 23.1 Å². The molecule has 2 unspecified atom stereocenters. The number of fused-ring (bicyclic) bond motifs is 3. The number of hydrogen-bond acceptors (Lipinski definition) is 7. The second-order valence-electron chi connectivity index (χ2n) is 10.2. The van der Waals surface area contributed by atoms with Crippen molar-refractivity contribution in [1.29, 1.82) is 0 Å². The Balaban J connectivity index is 0.000000559. The monoisotopic (exact) mass is 681 g/mol. The van der Waals surface area contributed by atoms with E-state index in [0.717, 1.165) is 44.4 Å². The normalized spacial score (nSPS) is 12.6. The lowest BCUT2D eigenvalue weighted by Gasteiger charge is -2.22. The van der Waals surface area contributed by atoms with Crippen LogP contribution >= 0.6 is 23.2 Å². The Morgan fingerprint density at radius 1 is 0.851 bits per heavy atom. The molecule has 2 aromatic heterocycles. The average molecular weight is 682 g/mol. The lowest BCUT2D eigenvalue weighted by Crippen LogP contribution is -2.31. The summed E-state index contributed by atoms with van der Waals surface area (Å²) in [7, 11) is 0. The second kappa shape index (κ2) is 13.7. The number of halogens is 5. The van der Waals surface area contributed by atoms with Gasteiger partial charge in [0.2, 0.25) is 5.91 Å². The number of para-hydroxylation sites is 2. The largest absolute Gasteiger partial charge is 0.490 e. The molecule has 1 amide bonds. The third kappa shape index (κ3) is 7.46. The highest BCUT2D eigenvalue weighted by Gasteiger charge is 2.38. The fraction of sp³-hybridized carbons (Fsp3) is 0.0909. The molecule has 6 aromatic rings. The van der Waals surface area contributed by atoms with E-state index in [0.29, 0.717) is 21.4 Å². The van der Waals surface area contributed by atoms with Crippen LogP contribution < -0.4 is 16.8 Å². The maximum atomic E-state index is 12.3. The lowest BCUT2D eigenvalue weighted by atomic mass is 9.87. The van der Waals surface area contributed by atoms with Crippen LogP contribution in [0.4, 0.5) is 24.7 Å². The van der Waals surface area contributed by atoms with Gasteiger partial charge in [-0.15, -0.1) is 0 Å². The molecular formula is C33H24Cl2F3N5O4. The maximum Gasteiger partial charge on any atom is 0.490 e. The van der Waals surface area contributed by atoms with E-state index in [-0.39, 0.29) is 0 Å². The topological polar surface area (TPSA) is 157 Å². The average Bonchev–Trinajstić information content (AvgIpc) is 3.42. The summed E-state index contributed by atoms with van der Waals surface area (Å²) in [4.78, 5) is 30.1. The molecule has 0 aliphatic rings. The molecule has 0 saturated heterocycles. The molecule has 9 nitrogen and oxygen atoms in total. The standard InChI is InChI=1S/C31H23Cl2N5O2.C2HF3O2/c32-23-13-10-18(14-24(23)33)28(31(35)39)29(34)17-8-11-19(12-9-17)38-27-15-25(36-16-37-27)22-6-3-5-21-20-4-1-2-7-26(20)40-30(21)22;3-2(4,5)1(6)7/h1-16,28-29H,34H2,(H2,35,39)(H,36,37,38);(H,6,7). The number of nitrogens with zero attached hydrogens (tertiary/aromatic N) is 2. The number of rotatable bonds is 7. The van der Waals surface area contributed by atoms with E-state index in [1.807, 2.05) is 72.8 Å². The Bertz CT molecular complexity index is 2090. The Morgan fingerprint density at radius 3 is 2.17 bits per heavy atom. The Kier molecular flexibility index (Phi) is 9.66. The van der Waals surface area contributed by atoms with Gasteiger partial charge in [0.05, 0.1) is 21.7 Å². The van der Waals surface area contributed by atoms with Gasteiger partial charge in [-0.3, -0.25) is 4.79 Å². The summed E-state index contributed by atoms with van der Waals surface area (Å²) < 4.78 is 37.9. The lowest BCUT2D eigenvalue weighted by molar-refractivity contribution is -0.192. The molecule has 2 atom stereocenters. The number of carbonyl (C=O) groups excluding carboxylic acids is 1. The first-order valence-electron chi connectivity index (χ1n) is 13.7. The highest BCUT2D eigenvalue weighted by Crippen LogP contribution is 2.36. The minimum absolute atomic E-state index is 0.331. The van der Waals surface area contributed by atoms with Crippen LogP contribution in [-0.2, 0) is 9.59 Å². The Morgan fingerprint density at radius 2 is 1.51 bits per heavy atom. The number of aromatic nitrogens is 2. The number of nitrogens with one attached hydrogen (secondary N) is 1. The molecule has 0 saturated carbocycles. The van der Waals surface area contributed by atoms with Gasteiger partial charge in [-0.2, -0.15) is 13.2 Å². The molecular weight excluding hydrogens is 658 g/mol. The quantitative estimate of drug-likeness (QED) is 0.132. The van der Waals surface area contributed by atoms with Crippen LogP contribution in [0.2, 0.25) is 10.0 Å². The van der Waals surface area contributed by atoms with Gasteiger partial charge in [0, 0.05) is 34.1 Å². The molecule has 0 bridgehead atoms. The van der Waals surface area contributed by atoms with Crippen molar-refractivity contribution in [3.05, 3.63) is 118 Å². The van der Waals surface area contributed by atoms with Crippen LogP contribution in [0, 0.1) is 0 Å². The van der Waals surface area contributed by atoms with Crippen molar-refractivity contribution in [2.45, 2.75) is 18.1 Å². The number of alkyl halides is 3. The first-order chi connectivity index (χ1) is 22.3. The smallest absolute Gasteiger partial charge is 0.475 e. The maximum absolute atomic E-state index is 12.3. The number of carboxylic acid groups (broad SMARTS) is 1. The molecule has 0 aliphatic carbocycles. The van der Waals surface area contributed by atoms with Crippen LogP contribution in [-0.4, -0.2) is 33.1 Å². The van der Waals surface area contributed by atoms with Crippen molar-refractivity contribution < 1.29 is 32.3 Å². The highest BCUT2D eigenvalue weighted by molar-refractivity contribution is 6.42. The minimum atomic E-state index is -5.08. The zero-order valence-corrected chi connectivity index (χ0v) is 25.5. The van der Waals surface area contributed by atoms with Crippen molar-refractivity contribution in [2.24, 2.45) is 11.5 Å². The fourth-order valence-corrected chi connectivity index (χ4v) is 5.21. The fourth-order valence-electron chi connectivity index (χ4n) is 4.91. The molecule has 6 rings (SSSR count). The van der Waals surface area contributed by atoms with Gasteiger partial charge in [-0.05, 0) is 47.5 Å². The number of benzene rings is 4. The van der Waals surface area contributed by atoms with E-state index in [4.69, 9.17) is 49.0 Å². The minimum Gasteiger partial charge on any atom is -0.475 e. The molecule has 14 heteroatoms. The van der Waals surface area contributed by atoms with E-state index in [1.54, 1.807) is 18.2 Å². The summed E-state index contributed by atoms with van der Waals surface area (Å²) in [6.45, 7) is 0. The predicted octanol–water partition coefficient (Wildman–Crippen LogP) is 8.00. The zero-order valence-electron chi connectivity index (χ0n) is 24.0. The molecule has 6 N–H and O–H groups in total. The van der Waals surface area contributed by atoms with E-state index >= 15 is 0 Å². The third-order valence-electron chi connectivity index (χ3n) is 7.13. The zero-order chi connectivity index (χ0) is 33.9. The number of hydrogen-bond donors (Lipinski definition) is 4. The van der Waals surface area contributed by atoms with Gasteiger partial charge in [-0.25, -0.2) is 14.8 Å². The summed E-state index contributed by atoms with van der Waals surface area (Å²) >= 11 is 12.2. The molecule has 0 fully saturated rings. The summed E-state index contributed by atoms with van der Waals surface area (Å²) in [5, 5.41) is 13.2. The van der Waals surface area contributed by atoms with Crippen molar-refractivity contribution >= 4 is 68.5 Å². The van der Waals surface area contributed by atoms with E-state index in [1.165, 1.54) is 6.33 Å². The number of nitrogens with two attached hydrogens (primary N) is 2. The third-order valence-corrected chi connectivity index (χ3v) is 7.87. The Labute approximate surface area is 274 Å². The Hall–Kier alpha value is -5.17. The summed E-state index contributed by atoms with van der Waals surface area (Å²) in [5.74, 6) is -3.48. The molecule has 0 spiro atoms. The SMILES string of the molecule is NC(=O)C(c1ccc(Cl)c(Cl)c1)C(N)c1ccc(Nc2cc(-c3cccc4c3oc3ccccc34)ncn2)cc1.O=C(O)C(F)(F)F. The van der Waals surface area contributed by atoms with E-state index in [2.05, 4.69) is 15.3 Å². The summed E-state index contributed by atoms with van der Waals surface area (Å²) in [6, 6.07) is 27.5. The number of furan rings is 1. The van der Waals surface area contributed by atoms with Crippen LogP contribution in [0.5, 0.6) is 0 Å². The molecule has 4 aromatic carbocycles. The summed E-state index contributed by atoms with van der Waals surface area (Å²) in [6.07, 6.45) is -3.57. The second-order valence-corrected chi connectivity index (χ2v) is 11.0. The van der Waals surface area contributed by atoms with Crippen molar-refractivity contribution in [1.82, 2.24) is 9.97 Å². The summed E-state index contributed by atoms with van der Waals surface area (Å²) in [5.41, 5.74) is 17.5. The predicted molar refractivity (Wildman–Crippen MR) is 173 cm³/mol. The number of carbonyl (C=O) groups is 2. The molecule has 47 heavy (non-hydrogen) atoms. The van der Waals surface area contributed by atoms with Gasteiger partial charge >= 0.3 is 12.1 Å². The van der Waals surface area contributed by atoms with Crippen molar-refractivity contribution in [3.63, 3.8) is 0 Å².